The summed E-state index contributed by atoms with van der Waals surface area (Å²) in [6.45, 7) is 3.23. The van der Waals surface area contributed by atoms with E-state index in [2.05, 4.69) is 11.7 Å². The van der Waals surface area contributed by atoms with Gasteiger partial charge in [-0.15, -0.1) is 6.58 Å². The molecule has 0 saturated heterocycles. The highest BCUT2D eigenvalue weighted by Crippen LogP contribution is 2.49. The van der Waals surface area contributed by atoms with Crippen LogP contribution in [0.25, 0.3) is 0 Å². The van der Waals surface area contributed by atoms with Crippen molar-refractivity contribution in [3.8, 4) is 0 Å². The van der Waals surface area contributed by atoms with Gasteiger partial charge in [-0.05, 0) is 6.42 Å². The van der Waals surface area contributed by atoms with Crippen molar-refractivity contribution in [3.05, 3.63) is 29.6 Å². The van der Waals surface area contributed by atoms with Crippen LogP contribution in [-0.2, 0) is 25.6 Å². The molecule has 0 bridgehead atoms. The molecular formula is C10H9F5N2. The maximum absolute atomic E-state index is 13.8. The van der Waals surface area contributed by atoms with E-state index in [0.717, 1.165) is 13.1 Å². The van der Waals surface area contributed by atoms with Crippen LogP contribution in [0.2, 0.25) is 0 Å². The number of rotatable bonds is 1. The van der Waals surface area contributed by atoms with E-state index in [1.165, 1.54) is 0 Å². The maximum atomic E-state index is 13.8. The molecule has 1 aromatic heterocycles. The number of alkyl halides is 5. The van der Waals surface area contributed by atoms with Gasteiger partial charge < -0.3 is 0 Å². The molecule has 94 valence electrons. The van der Waals surface area contributed by atoms with E-state index in [1.54, 1.807) is 0 Å². The summed E-state index contributed by atoms with van der Waals surface area (Å²) in [5.41, 5.74) is -2.30. The number of aromatic nitrogens is 2. The Bertz CT molecular complexity index is 472. The van der Waals surface area contributed by atoms with Gasteiger partial charge in [0.25, 0.3) is 5.92 Å². The number of fused-ring (bicyclic) bond motifs is 1. The lowest BCUT2D eigenvalue weighted by Gasteiger charge is -2.16. The Balaban J connectivity index is 2.63. The van der Waals surface area contributed by atoms with E-state index in [4.69, 9.17) is 0 Å². The molecule has 1 aromatic rings. The Kier molecular flexibility index (Phi) is 2.34. The fourth-order valence-corrected chi connectivity index (χ4v) is 2.16. The van der Waals surface area contributed by atoms with Crippen LogP contribution in [0, 0.1) is 5.92 Å². The number of hydrogen-bond acceptors (Lipinski definition) is 1. The maximum Gasteiger partial charge on any atom is 0.435 e. The second-order valence-electron chi connectivity index (χ2n) is 3.97. The molecule has 0 spiro atoms. The van der Waals surface area contributed by atoms with E-state index in [9.17, 15) is 22.0 Å². The standard InChI is InChI=1S/C10H9F5N2/c1-3-5-4-6-7(10(13,14)15)16-17(2)8(6)9(5,11)12/h3,5H,1,4H2,2H3/t5-/m1/s1. The Morgan fingerprint density at radius 2 is 2.06 bits per heavy atom. The number of hydrogen-bond donors (Lipinski definition) is 0. The van der Waals surface area contributed by atoms with E-state index in [1.807, 2.05) is 0 Å². The first kappa shape index (κ1) is 12.1. The lowest BCUT2D eigenvalue weighted by Crippen LogP contribution is -2.22. The van der Waals surface area contributed by atoms with Gasteiger partial charge in [-0.25, -0.2) is 0 Å². The van der Waals surface area contributed by atoms with Crippen molar-refractivity contribution in [1.82, 2.24) is 9.78 Å². The van der Waals surface area contributed by atoms with Gasteiger partial charge in [0.2, 0.25) is 0 Å². The molecule has 1 aliphatic carbocycles. The molecule has 1 atom stereocenters. The van der Waals surface area contributed by atoms with Crippen molar-refractivity contribution in [2.75, 3.05) is 0 Å². The third kappa shape index (κ3) is 1.56. The van der Waals surface area contributed by atoms with Crippen LogP contribution < -0.4 is 0 Å². The second kappa shape index (κ2) is 3.30. The Hall–Kier alpha value is -1.40. The van der Waals surface area contributed by atoms with E-state index in [0.29, 0.717) is 4.68 Å². The molecule has 0 radical (unpaired) electrons. The highest BCUT2D eigenvalue weighted by molar-refractivity contribution is 5.38. The predicted molar refractivity (Wildman–Crippen MR) is 49.5 cm³/mol. The lowest BCUT2D eigenvalue weighted by molar-refractivity contribution is -0.142. The smallest absolute Gasteiger partial charge is 0.266 e. The summed E-state index contributed by atoms with van der Waals surface area (Å²) in [6.07, 6.45) is -4.11. The van der Waals surface area contributed by atoms with Crippen LogP contribution in [0.5, 0.6) is 0 Å². The first-order valence-corrected chi connectivity index (χ1v) is 4.83. The molecular weight excluding hydrogens is 243 g/mol. The van der Waals surface area contributed by atoms with Crippen molar-refractivity contribution in [1.29, 1.82) is 0 Å². The average molecular weight is 252 g/mol. The summed E-state index contributed by atoms with van der Waals surface area (Å²) in [5, 5.41) is 3.15. The zero-order chi connectivity index (χ0) is 13.0. The number of allylic oxidation sites excluding steroid dienone is 1. The van der Waals surface area contributed by atoms with Gasteiger partial charge in [-0.2, -0.15) is 27.1 Å². The van der Waals surface area contributed by atoms with E-state index >= 15 is 0 Å². The largest absolute Gasteiger partial charge is 0.435 e. The normalized spacial score (nSPS) is 22.6. The quantitative estimate of drug-likeness (QED) is 0.555. The molecule has 17 heavy (non-hydrogen) atoms. The van der Waals surface area contributed by atoms with Gasteiger partial charge in [-0.1, -0.05) is 6.08 Å². The highest BCUT2D eigenvalue weighted by Gasteiger charge is 2.54. The topological polar surface area (TPSA) is 17.8 Å². The number of aryl methyl sites for hydroxylation is 1. The van der Waals surface area contributed by atoms with Crippen molar-refractivity contribution in [2.24, 2.45) is 13.0 Å². The average Bonchev–Trinajstić information content (AvgIpc) is 2.62. The predicted octanol–water partition coefficient (Wildman–Crippen LogP) is 2.89. The summed E-state index contributed by atoms with van der Waals surface area (Å²) in [5.74, 6) is -4.65. The fourth-order valence-electron chi connectivity index (χ4n) is 2.16. The molecule has 0 saturated carbocycles. The first-order chi connectivity index (χ1) is 7.69. The van der Waals surface area contributed by atoms with Crippen LogP contribution in [0.3, 0.4) is 0 Å². The van der Waals surface area contributed by atoms with Gasteiger partial charge in [0.15, 0.2) is 5.69 Å². The van der Waals surface area contributed by atoms with Crippen LogP contribution in [0.4, 0.5) is 22.0 Å². The SMILES string of the molecule is C=C[C@@H]1Cc2c(C(F)(F)F)nn(C)c2C1(F)F. The summed E-state index contributed by atoms with van der Waals surface area (Å²) in [6, 6.07) is 0. The zero-order valence-corrected chi connectivity index (χ0v) is 8.85. The van der Waals surface area contributed by atoms with Gasteiger partial charge in [0.05, 0.1) is 5.92 Å². The molecule has 0 aromatic carbocycles. The monoisotopic (exact) mass is 252 g/mol. The van der Waals surface area contributed by atoms with Gasteiger partial charge in [0, 0.05) is 12.6 Å². The molecule has 0 aliphatic heterocycles. The molecule has 2 nitrogen and oxygen atoms in total. The highest BCUT2D eigenvalue weighted by atomic mass is 19.4. The minimum absolute atomic E-state index is 0.380. The van der Waals surface area contributed by atoms with Crippen molar-refractivity contribution in [2.45, 2.75) is 18.5 Å². The number of nitrogens with zero attached hydrogens (tertiary/aromatic N) is 2. The summed E-state index contributed by atoms with van der Waals surface area (Å²) < 4.78 is 65.9. The summed E-state index contributed by atoms with van der Waals surface area (Å²) in [4.78, 5) is 0. The van der Waals surface area contributed by atoms with Crippen molar-refractivity contribution < 1.29 is 22.0 Å². The lowest BCUT2D eigenvalue weighted by atomic mass is 10.0. The van der Waals surface area contributed by atoms with Crippen LogP contribution in [0.15, 0.2) is 12.7 Å². The molecule has 0 fully saturated rings. The third-order valence-corrected chi connectivity index (χ3v) is 2.90. The summed E-state index contributed by atoms with van der Waals surface area (Å²) in [7, 11) is 1.09. The minimum Gasteiger partial charge on any atom is -0.266 e. The Labute approximate surface area is 93.7 Å². The minimum atomic E-state index is -4.71. The second-order valence-corrected chi connectivity index (χ2v) is 3.97. The number of halogens is 5. The molecule has 0 N–H and O–H groups in total. The zero-order valence-electron chi connectivity index (χ0n) is 8.85. The van der Waals surface area contributed by atoms with E-state index < -0.39 is 35.0 Å². The molecule has 0 unspecified atom stereocenters. The Morgan fingerprint density at radius 1 is 1.47 bits per heavy atom. The molecule has 0 amide bonds. The molecule has 7 heteroatoms. The van der Waals surface area contributed by atoms with Crippen molar-refractivity contribution >= 4 is 0 Å². The van der Waals surface area contributed by atoms with Crippen molar-refractivity contribution in [3.63, 3.8) is 0 Å². The van der Waals surface area contributed by atoms with Gasteiger partial charge in [-0.3, -0.25) is 4.68 Å². The molecule has 1 aliphatic rings. The van der Waals surface area contributed by atoms with Crippen LogP contribution in [-0.4, -0.2) is 9.78 Å². The van der Waals surface area contributed by atoms with E-state index in [-0.39, 0.29) is 6.42 Å². The molecule has 2 rings (SSSR count). The van der Waals surface area contributed by atoms with Gasteiger partial charge >= 0.3 is 6.18 Å². The van der Waals surface area contributed by atoms with Crippen LogP contribution >= 0.6 is 0 Å². The third-order valence-electron chi connectivity index (χ3n) is 2.90. The first-order valence-electron chi connectivity index (χ1n) is 4.83. The van der Waals surface area contributed by atoms with Crippen LogP contribution in [0.1, 0.15) is 17.0 Å². The fraction of sp³-hybridized carbons (Fsp3) is 0.500. The summed E-state index contributed by atoms with van der Waals surface area (Å²) >= 11 is 0. The van der Waals surface area contributed by atoms with Gasteiger partial charge in [0.1, 0.15) is 5.69 Å². The molecule has 1 heterocycles. The Morgan fingerprint density at radius 3 is 2.53 bits per heavy atom.